The Balaban J connectivity index is 2.54. The van der Waals surface area contributed by atoms with E-state index < -0.39 is 27.1 Å². The van der Waals surface area contributed by atoms with E-state index >= 15 is 0 Å². The predicted octanol–water partition coefficient (Wildman–Crippen LogP) is -0.0944. The Morgan fingerprint density at radius 2 is 2.14 bits per heavy atom. The minimum Gasteiger partial charge on any atom is -0.272 e. The van der Waals surface area contributed by atoms with E-state index in [0.29, 0.717) is 4.41 Å². The standard InChI is InChI=1S/C7H7IN2O3S/c8-4-1-2-6-5(3-4)7(11)10(9)14(6,12)13/h1-3,5-6H,9H2. The van der Waals surface area contributed by atoms with Gasteiger partial charge in [0.05, 0.1) is 5.92 Å². The Hall–Kier alpha value is -0.410. The molecule has 0 aromatic rings. The molecule has 2 aliphatic rings. The van der Waals surface area contributed by atoms with E-state index in [1.807, 2.05) is 22.6 Å². The van der Waals surface area contributed by atoms with Gasteiger partial charge in [0.25, 0.3) is 15.9 Å². The highest BCUT2D eigenvalue weighted by Crippen LogP contribution is 2.33. The predicted molar refractivity (Wildman–Crippen MR) is 58.5 cm³/mol. The van der Waals surface area contributed by atoms with Crippen molar-refractivity contribution in [3.8, 4) is 0 Å². The highest BCUT2D eigenvalue weighted by molar-refractivity contribution is 14.1. The zero-order valence-electron chi connectivity index (χ0n) is 6.92. The molecule has 1 heterocycles. The maximum atomic E-state index is 11.5. The maximum absolute atomic E-state index is 11.5. The lowest BCUT2D eigenvalue weighted by Crippen LogP contribution is -2.37. The second kappa shape index (κ2) is 3.04. The second-order valence-electron chi connectivity index (χ2n) is 3.08. The molecule has 1 aliphatic carbocycles. The fourth-order valence-electron chi connectivity index (χ4n) is 1.53. The van der Waals surface area contributed by atoms with Crippen molar-refractivity contribution < 1.29 is 13.2 Å². The number of allylic oxidation sites excluding steroid dienone is 2. The first-order valence-electron chi connectivity index (χ1n) is 3.83. The summed E-state index contributed by atoms with van der Waals surface area (Å²) in [7, 11) is -3.67. The summed E-state index contributed by atoms with van der Waals surface area (Å²) in [5.74, 6) is 3.98. The largest absolute Gasteiger partial charge is 0.272 e. The van der Waals surface area contributed by atoms with Crippen LogP contribution < -0.4 is 5.84 Å². The lowest BCUT2D eigenvalue weighted by atomic mass is 10.00. The lowest BCUT2D eigenvalue weighted by Gasteiger charge is -2.11. The molecule has 1 aliphatic heterocycles. The summed E-state index contributed by atoms with van der Waals surface area (Å²) in [6.07, 6.45) is 4.80. The maximum Gasteiger partial charge on any atom is 0.259 e. The van der Waals surface area contributed by atoms with E-state index in [1.54, 1.807) is 12.2 Å². The van der Waals surface area contributed by atoms with Gasteiger partial charge in [-0.05, 0) is 22.6 Å². The van der Waals surface area contributed by atoms with Crippen molar-refractivity contribution >= 4 is 38.5 Å². The van der Waals surface area contributed by atoms with Gasteiger partial charge in [-0.2, -0.15) is 4.41 Å². The summed E-state index contributed by atoms with van der Waals surface area (Å²) in [6.45, 7) is 0. The molecule has 1 saturated heterocycles. The molecule has 2 atom stereocenters. The number of nitrogens with zero attached hydrogens (tertiary/aromatic N) is 1. The Morgan fingerprint density at radius 1 is 1.50 bits per heavy atom. The fourth-order valence-corrected chi connectivity index (χ4v) is 3.60. The first-order chi connectivity index (χ1) is 6.44. The molecule has 14 heavy (non-hydrogen) atoms. The van der Waals surface area contributed by atoms with Crippen LogP contribution in [0.3, 0.4) is 0 Å². The zero-order chi connectivity index (χ0) is 10.5. The zero-order valence-corrected chi connectivity index (χ0v) is 9.90. The van der Waals surface area contributed by atoms with E-state index in [4.69, 9.17) is 5.84 Å². The van der Waals surface area contributed by atoms with Crippen LogP contribution in [0.1, 0.15) is 0 Å². The van der Waals surface area contributed by atoms with Gasteiger partial charge in [-0.25, -0.2) is 14.3 Å². The third-order valence-electron chi connectivity index (χ3n) is 2.26. The number of carbonyl (C=O) groups excluding carboxylic acids is 1. The molecule has 2 unspecified atom stereocenters. The Bertz CT molecular complexity index is 454. The Morgan fingerprint density at radius 3 is 2.79 bits per heavy atom. The van der Waals surface area contributed by atoms with Crippen molar-refractivity contribution in [2.45, 2.75) is 5.25 Å². The van der Waals surface area contributed by atoms with Crippen LogP contribution in [0.25, 0.3) is 0 Å². The number of hydrazine groups is 1. The van der Waals surface area contributed by atoms with Crippen LogP contribution in [0, 0.1) is 5.92 Å². The highest BCUT2D eigenvalue weighted by atomic mass is 127. The summed E-state index contributed by atoms with van der Waals surface area (Å²) in [4.78, 5) is 11.4. The first-order valence-corrected chi connectivity index (χ1v) is 6.41. The molecule has 76 valence electrons. The molecule has 5 nitrogen and oxygen atoms in total. The number of hydrogen-bond donors (Lipinski definition) is 1. The number of fused-ring (bicyclic) bond motifs is 1. The van der Waals surface area contributed by atoms with Crippen LogP contribution in [0.15, 0.2) is 21.8 Å². The van der Waals surface area contributed by atoms with Crippen molar-refractivity contribution in [2.75, 3.05) is 0 Å². The van der Waals surface area contributed by atoms with E-state index in [-0.39, 0.29) is 0 Å². The van der Waals surface area contributed by atoms with Gasteiger partial charge in [0, 0.05) is 3.58 Å². The second-order valence-corrected chi connectivity index (χ2v) is 6.29. The van der Waals surface area contributed by atoms with Crippen molar-refractivity contribution in [3.05, 3.63) is 21.8 Å². The molecule has 1 fully saturated rings. The number of nitrogens with two attached hydrogens (primary N) is 1. The van der Waals surface area contributed by atoms with E-state index in [0.717, 1.165) is 3.58 Å². The number of rotatable bonds is 0. The van der Waals surface area contributed by atoms with E-state index in [2.05, 4.69) is 0 Å². The molecule has 1 amide bonds. The van der Waals surface area contributed by atoms with Crippen molar-refractivity contribution in [2.24, 2.45) is 11.8 Å². The Kier molecular flexibility index (Phi) is 2.20. The number of hydrogen-bond acceptors (Lipinski definition) is 4. The van der Waals surface area contributed by atoms with Gasteiger partial charge in [-0.1, -0.05) is 18.2 Å². The molecule has 2 rings (SSSR count). The van der Waals surface area contributed by atoms with Crippen molar-refractivity contribution in [1.29, 1.82) is 0 Å². The first kappa shape index (κ1) is 10.1. The van der Waals surface area contributed by atoms with Gasteiger partial charge in [-0.3, -0.25) is 4.79 Å². The third kappa shape index (κ3) is 1.22. The minimum absolute atomic E-state index is 0.346. The van der Waals surface area contributed by atoms with Crippen LogP contribution in [-0.4, -0.2) is 24.0 Å². The molecular weight excluding hydrogens is 319 g/mol. The number of halogens is 1. The van der Waals surface area contributed by atoms with Gasteiger partial charge >= 0.3 is 0 Å². The van der Waals surface area contributed by atoms with Crippen LogP contribution in [0.4, 0.5) is 0 Å². The average molecular weight is 326 g/mol. The number of sulfonamides is 1. The van der Waals surface area contributed by atoms with Crippen LogP contribution >= 0.6 is 22.6 Å². The molecule has 0 bridgehead atoms. The molecule has 0 spiro atoms. The molecule has 0 radical (unpaired) electrons. The molecule has 2 N–H and O–H groups in total. The highest BCUT2D eigenvalue weighted by Gasteiger charge is 2.50. The lowest BCUT2D eigenvalue weighted by molar-refractivity contribution is -0.127. The Labute approximate surface area is 94.8 Å². The minimum atomic E-state index is -3.67. The summed E-state index contributed by atoms with van der Waals surface area (Å²) >= 11 is 2.03. The number of carbonyl (C=O) groups is 1. The van der Waals surface area contributed by atoms with E-state index in [1.165, 1.54) is 6.08 Å². The summed E-state index contributed by atoms with van der Waals surface area (Å²) in [5, 5.41) is -0.821. The SMILES string of the molecule is NN1C(=O)C2C=C(I)C=CC2S1(=O)=O. The van der Waals surface area contributed by atoms with Crippen molar-refractivity contribution in [1.82, 2.24) is 4.41 Å². The van der Waals surface area contributed by atoms with Crippen LogP contribution in [0.2, 0.25) is 0 Å². The molecule has 0 aromatic carbocycles. The van der Waals surface area contributed by atoms with Gasteiger partial charge < -0.3 is 0 Å². The van der Waals surface area contributed by atoms with Gasteiger partial charge in [0.15, 0.2) is 0 Å². The fraction of sp³-hybridized carbons (Fsp3) is 0.286. The average Bonchev–Trinajstić information content (AvgIpc) is 2.28. The van der Waals surface area contributed by atoms with Crippen molar-refractivity contribution in [3.63, 3.8) is 0 Å². The molecule has 7 heteroatoms. The van der Waals surface area contributed by atoms with Gasteiger partial charge in [-0.15, -0.1) is 0 Å². The summed E-state index contributed by atoms with van der Waals surface area (Å²) < 4.78 is 24.3. The number of amides is 1. The third-order valence-corrected chi connectivity index (χ3v) is 4.84. The molecule has 0 aromatic heterocycles. The topological polar surface area (TPSA) is 80.5 Å². The summed E-state index contributed by atoms with van der Waals surface area (Å²) in [5.41, 5.74) is 0. The van der Waals surface area contributed by atoms with Crippen LogP contribution in [0.5, 0.6) is 0 Å². The summed E-state index contributed by atoms with van der Waals surface area (Å²) in [6, 6.07) is 0. The normalized spacial score (nSPS) is 34.3. The molecular formula is C7H7IN2O3S. The monoisotopic (exact) mass is 326 g/mol. The van der Waals surface area contributed by atoms with Gasteiger partial charge in [0.2, 0.25) is 0 Å². The smallest absolute Gasteiger partial charge is 0.259 e. The quantitative estimate of drug-likeness (QED) is 0.383. The van der Waals surface area contributed by atoms with E-state index in [9.17, 15) is 13.2 Å². The van der Waals surface area contributed by atoms with Crippen LogP contribution in [-0.2, 0) is 14.8 Å². The van der Waals surface area contributed by atoms with Gasteiger partial charge in [0.1, 0.15) is 5.25 Å². The molecule has 0 saturated carbocycles.